The molecule has 178 valence electrons. The van der Waals surface area contributed by atoms with Crippen molar-refractivity contribution in [3.05, 3.63) is 122 Å². The van der Waals surface area contributed by atoms with Crippen LogP contribution in [0.25, 0.3) is 70.4 Å². The molecule has 38 heavy (non-hydrogen) atoms. The topological polar surface area (TPSA) is 43.6 Å². The first-order valence-corrected chi connectivity index (χ1v) is 13.4. The monoisotopic (exact) mass is 504 g/mol. The second-order valence-corrected chi connectivity index (χ2v) is 10.4. The molecule has 0 N–H and O–H groups in total. The van der Waals surface area contributed by atoms with Crippen LogP contribution >= 0.6 is 11.3 Å². The van der Waals surface area contributed by atoms with E-state index in [9.17, 15) is 0 Å². The number of thiophene rings is 1. The third kappa shape index (κ3) is 3.19. The van der Waals surface area contributed by atoms with Gasteiger partial charge in [-0.05, 0) is 18.2 Å². The lowest BCUT2D eigenvalue weighted by atomic mass is 10.1. The molecule has 4 aromatic carbocycles. The fourth-order valence-corrected chi connectivity index (χ4v) is 6.62. The summed E-state index contributed by atoms with van der Waals surface area (Å²) in [6.07, 6.45) is 3.80. The zero-order valence-electron chi connectivity index (χ0n) is 20.2. The van der Waals surface area contributed by atoms with Crippen LogP contribution in [-0.4, -0.2) is 19.5 Å². The van der Waals surface area contributed by atoms with Crippen molar-refractivity contribution < 1.29 is 0 Å². The van der Waals surface area contributed by atoms with Gasteiger partial charge in [0.25, 0.3) is 0 Å². The van der Waals surface area contributed by atoms with E-state index in [2.05, 4.69) is 82.3 Å². The summed E-state index contributed by atoms with van der Waals surface area (Å²) in [5.74, 6) is 0.654. The second kappa shape index (κ2) is 8.33. The molecule has 0 bridgehead atoms. The quantitative estimate of drug-likeness (QED) is 0.242. The number of nitrogens with zero attached hydrogens (tertiary/aromatic N) is 4. The summed E-state index contributed by atoms with van der Waals surface area (Å²) in [6.45, 7) is 0. The third-order valence-electron chi connectivity index (χ3n) is 7.13. The summed E-state index contributed by atoms with van der Waals surface area (Å²) in [5, 5.41) is 4.77. The predicted octanol–water partition coefficient (Wildman–Crippen LogP) is 8.67. The fourth-order valence-electron chi connectivity index (χ4n) is 5.38. The normalized spacial score (nSPS) is 11.7. The lowest BCUT2D eigenvalue weighted by Crippen LogP contribution is -2.04. The Labute approximate surface area is 222 Å². The minimum absolute atomic E-state index is 0.654. The van der Waals surface area contributed by atoms with Gasteiger partial charge in [0.05, 0.1) is 27.1 Å². The van der Waals surface area contributed by atoms with Crippen molar-refractivity contribution in [3.63, 3.8) is 0 Å². The van der Waals surface area contributed by atoms with E-state index in [0.717, 1.165) is 44.3 Å². The molecule has 0 saturated carbocycles. The van der Waals surface area contributed by atoms with Gasteiger partial charge in [-0.15, -0.1) is 11.3 Å². The lowest BCUT2D eigenvalue weighted by Gasteiger charge is -2.12. The average molecular weight is 505 g/mol. The maximum absolute atomic E-state index is 5.17. The van der Waals surface area contributed by atoms with Crippen molar-refractivity contribution in [2.75, 3.05) is 0 Å². The number of rotatable bonds is 3. The number of pyridine rings is 1. The van der Waals surface area contributed by atoms with Crippen LogP contribution in [0.2, 0.25) is 0 Å². The zero-order valence-corrected chi connectivity index (χ0v) is 21.1. The van der Waals surface area contributed by atoms with Gasteiger partial charge in [-0.25, -0.2) is 9.97 Å². The summed E-state index contributed by atoms with van der Waals surface area (Å²) in [5.41, 5.74) is 6.06. The molecule has 0 saturated heterocycles. The molecule has 4 aromatic heterocycles. The van der Waals surface area contributed by atoms with Crippen molar-refractivity contribution >= 4 is 53.3 Å². The minimum Gasteiger partial charge on any atom is -0.276 e. The number of aromatic nitrogens is 4. The van der Waals surface area contributed by atoms with Gasteiger partial charge in [0.2, 0.25) is 5.95 Å². The van der Waals surface area contributed by atoms with Gasteiger partial charge in [0, 0.05) is 49.8 Å². The van der Waals surface area contributed by atoms with Crippen LogP contribution in [0.4, 0.5) is 0 Å². The first-order chi connectivity index (χ1) is 18.8. The SMILES string of the molecule is c1ccc(-c2cc(-c3ccccc3)nc(-n3c4ccncc4c4ccc5c6ccccc6sc5c43)n2)cc1. The Hall–Kier alpha value is -4.87. The van der Waals surface area contributed by atoms with Crippen LogP contribution in [0, 0.1) is 0 Å². The van der Waals surface area contributed by atoms with E-state index in [0.29, 0.717) is 5.95 Å². The number of hydrogen-bond donors (Lipinski definition) is 0. The maximum atomic E-state index is 5.17. The minimum atomic E-state index is 0.654. The molecule has 0 aliphatic carbocycles. The molecule has 0 aliphatic heterocycles. The van der Waals surface area contributed by atoms with E-state index in [1.165, 1.54) is 20.2 Å². The highest BCUT2D eigenvalue weighted by Crippen LogP contribution is 2.42. The predicted molar refractivity (Wildman–Crippen MR) is 158 cm³/mol. The Morgan fingerprint density at radius 2 is 1.24 bits per heavy atom. The molecule has 0 amide bonds. The molecule has 5 heteroatoms. The third-order valence-corrected chi connectivity index (χ3v) is 8.32. The summed E-state index contributed by atoms with van der Waals surface area (Å²) >= 11 is 1.82. The van der Waals surface area contributed by atoms with Gasteiger partial charge in [0.1, 0.15) is 0 Å². The van der Waals surface area contributed by atoms with Gasteiger partial charge >= 0.3 is 0 Å². The molecule has 4 heterocycles. The van der Waals surface area contributed by atoms with Crippen molar-refractivity contribution in [2.45, 2.75) is 0 Å². The lowest BCUT2D eigenvalue weighted by molar-refractivity contribution is 0.997. The fraction of sp³-hybridized carbons (Fsp3) is 0. The van der Waals surface area contributed by atoms with Gasteiger partial charge < -0.3 is 0 Å². The molecule has 0 spiro atoms. The van der Waals surface area contributed by atoms with E-state index in [1.54, 1.807) is 0 Å². The summed E-state index contributed by atoms with van der Waals surface area (Å²) in [7, 11) is 0. The van der Waals surface area contributed by atoms with Crippen LogP contribution in [0.3, 0.4) is 0 Å². The second-order valence-electron chi connectivity index (χ2n) is 9.34. The van der Waals surface area contributed by atoms with Crippen LogP contribution in [0.1, 0.15) is 0 Å². The molecule has 0 atom stereocenters. The van der Waals surface area contributed by atoms with E-state index >= 15 is 0 Å². The molecule has 8 aromatic rings. The summed E-state index contributed by atoms with van der Waals surface area (Å²) < 4.78 is 4.73. The zero-order chi connectivity index (χ0) is 25.1. The number of hydrogen-bond acceptors (Lipinski definition) is 4. The Morgan fingerprint density at radius 1 is 0.579 bits per heavy atom. The largest absolute Gasteiger partial charge is 0.276 e. The molecular weight excluding hydrogens is 484 g/mol. The highest BCUT2D eigenvalue weighted by atomic mass is 32.1. The molecular formula is C33H20N4S. The smallest absolute Gasteiger partial charge is 0.235 e. The van der Waals surface area contributed by atoms with Gasteiger partial charge in [0.15, 0.2) is 0 Å². The number of benzene rings is 4. The van der Waals surface area contributed by atoms with E-state index in [4.69, 9.17) is 9.97 Å². The molecule has 0 unspecified atom stereocenters. The van der Waals surface area contributed by atoms with E-state index in [-0.39, 0.29) is 0 Å². The first-order valence-electron chi connectivity index (χ1n) is 12.5. The number of fused-ring (bicyclic) bond motifs is 7. The van der Waals surface area contributed by atoms with Gasteiger partial charge in [-0.2, -0.15) is 0 Å². The van der Waals surface area contributed by atoms with Crippen LogP contribution in [0.15, 0.2) is 122 Å². The average Bonchev–Trinajstić information content (AvgIpc) is 3.54. The molecule has 0 fully saturated rings. The highest BCUT2D eigenvalue weighted by molar-refractivity contribution is 7.26. The maximum Gasteiger partial charge on any atom is 0.235 e. The Morgan fingerprint density at radius 3 is 1.97 bits per heavy atom. The Balaban J connectivity index is 1.53. The Kier molecular flexibility index (Phi) is 4.66. The first kappa shape index (κ1) is 21.2. The van der Waals surface area contributed by atoms with Gasteiger partial charge in [-0.1, -0.05) is 91.0 Å². The molecule has 0 aliphatic rings. The van der Waals surface area contributed by atoms with Gasteiger partial charge in [-0.3, -0.25) is 9.55 Å². The van der Waals surface area contributed by atoms with Crippen molar-refractivity contribution in [2.24, 2.45) is 0 Å². The van der Waals surface area contributed by atoms with Crippen molar-refractivity contribution in [1.82, 2.24) is 19.5 Å². The van der Waals surface area contributed by atoms with E-state index < -0.39 is 0 Å². The van der Waals surface area contributed by atoms with Crippen LogP contribution < -0.4 is 0 Å². The van der Waals surface area contributed by atoms with E-state index in [1.807, 2.05) is 60.1 Å². The summed E-state index contributed by atoms with van der Waals surface area (Å²) in [4.78, 5) is 14.8. The van der Waals surface area contributed by atoms with Crippen molar-refractivity contribution in [1.29, 1.82) is 0 Å². The van der Waals surface area contributed by atoms with Crippen LogP contribution in [0.5, 0.6) is 0 Å². The van der Waals surface area contributed by atoms with Crippen LogP contribution in [-0.2, 0) is 0 Å². The Bertz CT molecular complexity index is 2070. The van der Waals surface area contributed by atoms with Crippen molar-refractivity contribution in [3.8, 4) is 28.5 Å². The highest BCUT2D eigenvalue weighted by Gasteiger charge is 2.20. The molecule has 4 nitrogen and oxygen atoms in total. The molecule has 8 rings (SSSR count). The standard InChI is InChI=1S/C33H20N4S/c1-3-9-21(10-4-1)27-19-28(22-11-5-2-6-12-22)36-33(35-27)37-29-17-18-34-20-26(29)24-15-16-25-23-13-7-8-14-30(23)38-32(25)31(24)37/h1-20H. The summed E-state index contributed by atoms with van der Waals surface area (Å²) in [6, 6.07) is 37.9. The molecule has 0 radical (unpaired) electrons.